The SMILES string of the molecule is CCC(CC)(CNC1=NCCS1)SC. The van der Waals surface area contributed by atoms with Gasteiger partial charge in [0.1, 0.15) is 0 Å². The van der Waals surface area contributed by atoms with Crippen LogP contribution in [0.25, 0.3) is 0 Å². The lowest BCUT2D eigenvalue weighted by Crippen LogP contribution is -2.38. The summed E-state index contributed by atoms with van der Waals surface area (Å²) in [7, 11) is 0. The highest BCUT2D eigenvalue weighted by atomic mass is 32.2. The quantitative estimate of drug-likeness (QED) is 0.788. The highest BCUT2D eigenvalue weighted by Crippen LogP contribution is 2.29. The third kappa shape index (κ3) is 3.09. The summed E-state index contributed by atoms with van der Waals surface area (Å²) in [6, 6.07) is 0. The number of nitrogens with one attached hydrogen (secondary N) is 1. The lowest BCUT2D eigenvalue weighted by Gasteiger charge is -2.30. The van der Waals surface area contributed by atoms with Gasteiger partial charge < -0.3 is 5.32 Å². The second-order valence-corrected chi connectivity index (χ2v) is 5.84. The monoisotopic (exact) mass is 232 g/mol. The summed E-state index contributed by atoms with van der Waals surface area (Å²) < 4.78 is 0.395. The van der Waals surface area contributed by atoms with E-state index in [0.29, 0.717) is 4.75 Å². The van der Waals surface area contributed by atoms with Gasteiger partial charge in [-0.2, -0.15) is 11.8 Å². The molecule has 4 heteroatoms. The molecule has 1 heterocycles. The second kappa shape index (κ2) is 5.91. The maximum absolute atomic E-state index is 4.40. The van der Waals surface area contributed by atoms with E-state index in [9.17, 15) is 0 Å². The predicted octanol–water partition coefficient (Wildman–Crippen LogP) is 2.60. The minimum atomic E-state index is 0.395. The van der Waals surface area contributed by atoms with Crippen LogP contribution in [0.5, 0.6) is 0 Å². The van der Waals surface area contributed by atoms with Gasteiger partial charge in [0.2, 0.25) is 0 Å². The number of nitrogens with zero attached hydrogens (tertiary/aromatic N) is 1. The molecule has 0 aromatic carbocycles. The molecule has 0 aromatic heterocycles. The van der Waals surface area contributed by atoms with Crippen molar-refractivity contribution in [2.24, 2.45) is 4.99 Å². The Morgan fingerprint density at radius 1 is 1.50 bits per heavy atom. The van der Waals surface area contributed by atoms with Crippen LogP contribution in [0.2, 0.25) is 0 Å². The second-order valence-electron chi connectivity index (χ2n) is 3.48. The molecule has 0 radical (unpaired) electrons. The Hall–Kier alpha value is 0.170. The summed E-state index contributed by atoms with van der Waals surface area (Å²) in [5.41, 5.74) is 0. The van der Waals surface area contributed by atoms with Gasteiger partial charge >= 0.3 is 0 Å². The molecule has 0 bridgehead atoms. The van der Waals surface area contributed by atoms with E-state index < -0.39 is 0 Å². The molecule has 0 atom stereocenters. The van der Waals surface area contributed by atoms with Gasteiger partial charge in [0.05, 0.1) is 6.54 Å². The smallest absolute Gasteiger partial charge is 0.156 e. The first-order chi connectivity index (χ1) is 6.76. The molecule has 0 saturated carbocycles. The third-order valence-corrected chi connectivity index (χ3v) is 5.39. The maximum atomic E-state index is 4.40. The number of rotatable bonds is 5. The van der Waals surface area contributed by atoms with Crippen LogP contribution in [-0.4, -0.2) is 35.0 Å². The molecule has 1 N–H and O–H groups in total. The van der Waals surface area contributed by atoms with Gasteiger partial charge in [0.25, 0.3) is 0 Å². The zero-order valence-electron chi connectivity index (χ0n) is 9.30. The van der Waals surface area contributed by atoms with Crippen molar-refractivity contribution in [3.63, 3.8) is 0 Å². The fourth-order valence-corrected chi connectivity index (χ4v) is 3.07. The molecule has 0 aromatic rings. The van der Waals surface area contributed by atoms with E-state index in [4.69, 9.17) is 0 Å². The van der Waals surface area contributed by atoms with Crippen LogP contribution in [0.1, 0.15) is 26.7 Å². The van der Waals surface area contributed by atoms with Crippen LogP contribution >= 0.6 is 23.5 Å². The van der Waals surface area contributed by atoms with Crippen LogP contribution in [0.15, 0.2) is 4.99 Å². The Bertz CT molecular complexity index is 192. The first-order valence-corrected chi connectivity index (χ1v) is 7.43. The van der Waals surface area contributed by atoms with Crippen molar-refractivity contribution in [2.45, 2.75) is 31.4 Å². The highest BCUT2D eigenvalue weighted by molar-refractivity contribution is 8.14. The standard InChI is InChI=1S/C10H20N2S2/c1-4-10(5-2,13-3)8-12-9-11-6-7-14-9/h4-8H2,1-3H3,(H,11,12). The fraction of sp³-hybridized carbons (Fsp3) is 0.900. The van der Waals surface area contributed by atoms with Gasteiger partial charge in [0, 0.05) is 17.0 Å². The number of aliphatic imine (C=N–C) groups is 1. The van der Waals surface area contributed by atoms with Crippen molar-refractivity contribution in [3.8, 4) is 0 Å². The summed E-state index contributed by atoms with van der Waals surface area (Å²) >= 11 is 3.82. The Morgan fingerprint density at radius 2 is 2.21 bits per heavy atom. The van der Waals surface area contributed by atoms with Crippen molar-refractivity contribution in [2.75, 3.05) is 25.1 Å². The minimum Gasteiger partial charge on any atom is -0.364 e. The molecule has 14 heavy (non-hydrogen) atoms. The summed E-state index contributed by atoms with van der Waals surface area (Å²) in [5, 5.41) is 4.61. The normalized spacial score (nSPS) is 16.9. The molecule has 1 rings (SSSR count). The van der Waals surface area contributed by atoms with Gasteiger partial charge in [-0.3, -0.25) is 4.99 Å². The van der Waals surface area contributed by atoms with E-state index in [1.807, 2.05) is 23.5 Å². The fourth-order valence-electron chi connectivity index (χ4n) is 1.54. The van der Waals surface area contributed by atoms with Crippen molar-refractivity contribution in [1.29, 1.82) is 0 Å². The molecule has 0 saturated heterocycles. The first-order valence-electron chi connectivity index (χ1n) is 5.22. The maximum Gasteiger partial charge on any atom is 0.156 e. The van der Waals surface area contributed by atoms with Gasteiger partial charge in [-0.1, -0.05) is 25.6 Å². The van der Waals surface area contributed by atoms with Gasteiger partial charge in [-0.25, -0.2) is 0 Å². The van der Waals surface area contributed by atoms with Gasteiger partial charge in [-0.05, 0) is 19.1 Å². The van der Waals surface area contributed by atoms with Crippen molar-refractivity contribution in [1.82, 2.24) is 5.32 Å². The molecule has 0 spiro atoms. The first kappa shape index (κ1) is 12.2. The lowest BCUT2D eigenvalue weighted by molar-refractivity contribution is 0.538. The summed E-state index contributed by atoms with van der Waals surface area (Å²) in [6.45, 7) is 6.57. The topological polar surface area (TPSA) is 24.4 Å². The summed E-state index contributed by atoms with van der Waals surface area (Å²) in [4.78, 5) is 4.40. The Balaban J connectivity index is 2.39. The summed E-state index contributed by atoms with van der Waals surface area (Å²) in [5.74, 6) is 1.15. The molecular formula is C10H20N2S2. The number of amidine groups is 1. The Labute approximate surface area is 95.7 Å². The van der Waals surface area contributed by atoms with Crippen LogP contribution in [-0.2, 0) is 0 Å². The predicted molar refractivity (Wildman–Crippen MR) is 69.6 cm³/mol. The largest absolute Gasteiger partial charge is 0.364 e. The van der Waals surface area contributed by atoms with Crippen LogP contribution in [0, 0.1) is 0 Å². The zero-order chi connectivity index (χ0) is 10.4. The Morgan fingerprint density at radius 3 is 2.64 bits per heavy atom. The van der Waals surface area contributed by atoms with Gasteiger partial charge in [-0.15, -0.1) is 0 Å². The molecule has 0 aliphatic carbocycles. The third-order valence-electron chi connectivity index (χ3n) is 2.87. The number of thioether (sulfide) groups is 2. The van der Waals surface area contributed by atoms with Crippen molar-refractivity contribution >= 4 is 28.7 Å². The average Bonchev–Trinajstić information content (AvgIpc) is 2.74. The minimum absolute atomic E-state index is 0.395. The molecule has 1 aliphatic heterocycles. The zero-order valence-corrected chi connectivity index (χ0v) is 10.9. The van der Waals surface area contributed by atoms with Crippen molar-refractivity contribution < 1.29 is 0 Å². The summed E-state index contributed by atoms with van der Waals surface area (Å²) in [6.07, 6.45) is 4.64. The lowest BCUT2D eigenvalue weighted by atomic mass is 10.0. The van der Waals surface area contributed by atoms with Gasteiger partial charge in [0.15, 0.2) is 5.17 Å². The van der Waals surface area contributed by atoms with E-state index in [2.05, 4.69) is 30.4 Å². The molecule has 82 valence electrons. The average molecular weight is 232 g/mol. The van der Waals surface area contributed by atoms with Crippen LogP contribution in [0.3, 0.4) is 0 Å². The van der Waals surface area contributed by atoms with E-state index in [1.54, 1.807) is 0 Å². The molecule has 0 amide bonds. The Kier molecular flexibility index (Phi) is 5.17. The van der Waals surface area contributed by atoms with E-state index in [0.717, 1.165) is 24.0 Å². The van der Waals surface area contributed by atoms with E-state index in [-0.39, 0.29) is 0 Å². The number of hydrogen-bond acceptors (Lipinski definition) is 4. The molecule has 1 aliphatic rings. The highest BCUT2D eigenvalue weighted by Gasteiger charge is 2.25. The number of hydrogen-bond donors (Lipinski definition) is 1. The molecular weight excluding hydrogens is 212 g/mol. The van der Waals surface area contributed by atoms with E-state index in [1.165, 1.54) is 12.8 Å². The molecule has 0 fully saturated rings. The van der Waals surface area contributed by atoms with E-state index >= 15 is 0 Å². The van der Waals surface area contributed by atoms with Crippen molar-refractivity contribution in [3.05, 3.63) is 0 Å². The molecule has 0 unspecified atom stereocenters. The van der Waals surface area contributed by atoms with Crippen LogP contribution < -0.4 is 5.32 Å². The van der Waals surface area contributed by atoms with Crippen LogP contribution in [0.4, 0.5) is 0 Å². The molecule has 2 nitrogen and oxygen atoms in total.